The van der Waals surface area contributed by atoms with Crippen molar-refractivity contribution in [3.05, 3.63) is 40.0 Å². The topological polar surface area (TPSA) is 89.7 Å². The Morgan fingerprint density at radius 1 is 0.758 bits per heavy atom. The molecule has 3 rings (SSSR count). The second kappa shape index (κ2) is 10.3. The summed E-state index contributed by atoms with van der Waals surface area (Å²) >= 11 is 1.33. The molecule has 0 saturated heterocycles. The summed E-state index contributed by atoms with van der Waals surface area (Å²) in [5.41, 5.74) is 1.97. The molecule has 2 aromatic carbocycles. The Hall–Kier alpha value is -3.66. The van der Waals surface area contributed by atoms with E-state index in [1.807, 2.05) is 29.1 Å². The van der Waals surface area contributed by atoms with Crippen LogP contribution in [0.4, 0.5) is 0 Å². The fraction of sp³-hybridized carbons (Fsp3) is 0.304. The van der Waals surface area contributed by atoms with Gasteiger partial charge in [0, 0.05) is 23.6 Å². The van der Waals surface area contributed by atoms with E-state index < -0.39 is 5.91 Å². The Morgan fingerprint density at radius 2 is 1.21 bits per heavy atom. The highest BCUT2D eigenvalue weighted by molar-refractivity contribution is 7.07. The molecule has 1 amide bonds. The fourth-order valence-electron chi connectivity index (χ4n) is 3.32. The van der Waals surface area contributed by atoms with Crippen LogP contribution in [-0.4, -0.2) is 53.1 Å². The third-order valence-corrected chi connectivity index (χ3v) is 5.91. The van der Waals surface area contributed by atoms with Gasteiger partial charge >= 0.3 is 0 Å². The summed E-state index contributed by atoms with van der Waals surface area (Å²) in [6.07, 6.45) is 0. The summed E-state index contributed by atoms with van der Waals surface area (Å²) in [7, 11) is 11.0. The zero-order valence-electron chi connectivity index (χ0n) is 19.5. The molecular formula is C23H26N2O7S. The molecule has 1 heterocycles. The van der Waals surface area contributed by atoms with Crippen molar-refractivity contribution in [1.82, 2.24) is 4.57 Å². The predicted octanol–water partition coefficient (Wildman–Crippen LogP) is 3.55. The van der Waals surface area contributed by atoms with E-state index in [-0.39, 0.29) is 0 Å². The zero-order chi connectivity index (χ0) is 24.1. The fourth-order valence-corrected chi connectivity index (χ4v) is 4.22. The lowest BCUT2D eigenvalue weighted by Gasteiger charge is -2.14. The maximum atomic E-state index is 13.0. The van der Waals surface area contributed by atoms with E-state index in [1.165, 1.54) is 32.7 Å². The minimum atomic E-state index is -0.442. The molecule has 0 N–H and O–H groups in total. The third-order valence-electron chi connectivity index (χ3n) is 4.99. The largest absolute Gasteiger partial charge is 0.493 e. The van der Waals surface area contributed by atoms with E-state index in [0.29, 0.717) is 44.9 Å². The van der Waals surface area contributed by atoms with Gasteiger partial charge in [0.05, 0.1) is 48.4 Å². The molecule has 176 valence electrons. The summed E-state index contributed by atoms with van der Waals surface area (Å²) in [5, 5.41) is 1.90. The lowest BCUT2D eigenvalue weighted by molar-refractivity contribution is 0.0997. The van der Waals surface area contributed by atoms with Crippen LogP contribution in [0.5, 0.6) is 34.5 Å². The first-order valence-electron chi connectivity index (χ1n) is 9.76. The second-order valence-electron chi connectivity index (χ2n) is 6.71. The Labute approximate surface area is 195 Å². The molecule has 0 spiro atoms. The van der Waals surface area contributed by atoms with Crippen LogP contribution in [0.2, 0.25) is 0 Å². The number of rotatable bonds is 8. The number of aromatic nitrogens is 1. The van der Waals surface area contributed by atoms with Gasteiger partial charge in [-0.05, 0) is 24.3 Å². The van der Waals surface area contributed by atoms with E-state index in [4.69, 9.17) is 28.4 Å². The molecule has 10 heteroatoms. The van der Waals surface area contributed by atoms with Crippen LogP contribution in [0.15, 0.2) is 34.6 Å². The van der Waals surface area contributed by atoms with Crippen LogP contribution in [0.3, 0.4) is 0 Å². The number of benzene rings is 2. The number of carbonyl (C=O) groups is 1. The maximum absolute atomic E-state index is 13.0. The molecule has 0 aliphatic rings. The van der Waals surface area contributed by atoms with Crippen molar-refractivity contribution in [1.29, 1.82) is 0 Å². The first-order valence-corrected chi connectivity index (χ1v) is 10.6. The highest BCUT2D eigenvalue weighted by Crippen LogP contribution is 2.41. The first kappa shape index (κ1) is 24.0. The van der Waals surface area contributed by atoms with Gasteiger partial charge in [-0.15, -0.1) is 11.3 Å². The average molecular weight is 475 g/mol. The van der Waals surface area contributed by atoms with E-state index in [0.717, 1.165) is 11.3 Å². The Balaban J connectivity index is 2.06. The minimum absolute atomic E-state index is 0.312. The summed E-state index contributed by atoms with van der Waals surface area (Å²) < 4.78 is 34.1. The summed E-state index contributed by atoms with van der Waals surface area (Å²) in [6, 6.07) is 6.82. The second-order valence-corrected chi connectivity index (χ2v) is 7.54. The molecule has 0 aliphatic carbocycles. The van der Waals surface area contributed by atoms with Crippen LogP contribution in [0, 0.1) is 0 Å². The Bertz CT molecular complexity index is 1180. The number of thiazole rings is 1. The number of nitrogens with zero attached hydrogens (tertiary/aromatic N) is 2. The Kier molecular flexibility index (Phi) is 7.49. The van der Waals surface area contributed by atoms with Gasteiger partial charge in [-0.2, -0.15) is 4.99 Å². The summed E-state index contributed by atoms with van der Waals surface area (Å²) in [5.74, 6) is 2.29. The standard InChI is InChI=1S/C23H26N2O7S/c1-25-15(13-8-16(27-2)20(31-6)17(9-13)28-3)12-33-23(25)24-22(26)14-10-18(29-4)21(32-7)19(11-14)30-5/h8-12H,1-7H3. The molecule has 0 atom stereocenters. The third kappa shape index (κ3) is 4.61. The molecule has 0 saturated carbocycles. The monoisotopic (exact) mass is 474 g/mol. The molecule has 0 radical (unpaired) electrons. The van der Waals surface area contributed by atoms with Gasteiger partial charge in [-0.3, -0.25) is 4.79 Å². The smallest absolute Gasteiger partial charge is 0.279 e. The van der Waals surface area contributed by atoms with Gasteiger partial charge in [0.15, 0.2) is 27.8 Å². The van der Waals surface area contributed by atoms with E-state index >= 15 is 0 Å². The van der Waals surface area contributed by atoms with Gasteiger partial charge in [-0.1, -0.05) is 0 Å². The summed E-state index contributed by atoms with van der Waals surface area (Å²) in [4.78, 5) is 17.8. The first-order chi connectivity index (χ1) is 15.9. The van der Waals surface area contributed by atoms with E-state index in [1.54, 1.807) is 33.5 Å². The van der Waals surface area contributed by atoms with E-state index in [9.17, 15) is 4.79 Å². The van der Waals surface area contributed by atoms with Crippen molar-refractivity contribution in [2.24, 2.45) is 12.0 Å². The van der Waals surface area contributed by atoms with Crippen molar-refractivity contribution in [3.63, 3.8) is 0 Å². The lowest BCUT2D eigenvalue weighted by Crippen LogP contribution is -2.14. The van der Waals surface area contributed by atoms with Gasteiger partial charge in [0.2, 0.25) is 11.5 Å². The number of amides is 1. The van der Waals surface area contributed by atoms with Crippen LogP contribution in [-0.2, 0) is 7.05 Å². The molecule has 0 unspecified atom stereocenters. The SMILES string of the molecule is COc1cc(C(=O)N=c2scc(-c3cc(OC)c(OC)c(OC)c3)n2C)cc(OC)c1OC. The molecule has 33 heavy (non-hydrogen) atoms. The normalized spacial score (nSPS) is 11.2. The van der Waals surface area contributed by atoms with Gasteiger partial charge in [0.25, 0.3) is 5.91 Å². The molecule has 3 aromatic rings. The van der Waals surface area contributed by atoms with E-state index in [2.05, 4.69) is 4.99 Å². The number of hydrogen-bond acceptors (Lipinski definition) is 8. The van der Waals surface area contributed by atoms with Crippen molar-refractivity contribution < 1.29 is 33.2 Å². The van der Waals surface area contributed by atoms with Crippen molar-refractivity contribution in [3.8, 4) is 45.8 Å². The van der Waals surface area contributed by atoms with Crippen molar-refractivity contribution in [2.75, 3.05) is 42.7 Å². The van der Waals surface area contributed by atoms with Gasteiger partial charge in [0.1, 0.15) is 0 Å². The van der Waals surface area contributed by atoms with Crippen LogP contribution in [0.25, 0.3) is 11.3 Å². The van der Waals surface area contributed by atoms with Crippen LogP contribution in [0.1, 0.15) is 10.4 Å². The lowest BCUT2D eigenvalue weighted by atomic mass is 10.1. The van der Waals surface area contributed by atoms with Crippen molar-refractivity contribution in [2.45, 2.75) is 0 Å². The zero-order valence-corrected chi connectivity index (χ0v) is 20.4. The molecule has 0 bridgehead atoms. The predicted molar refractivity (Wildman–Crippen MR) is 124 cm³/mol. The van der Waals surface area contributed by atoms with Gasteiger partial charge in [-0.25, -0.2) is 0 Å². The summed E-state index contributed by atoms with van der Waals surface area (Å²) in [6.45, 7) is 0. The van der Waals surface area contributed by atoms with Gasteiger partial charge < -0.3 is 33.0 Å². The molecule has 1 aromatic heterocycles. The molecular weight excluding hydrogens is 448 g/mol. The highest BCUT2D eigenvalue weighted by Gasteiger charge is 2.18. The maximum Gasteiger partial charge on any atom is 0.279 e. The number of methoxy groups -OCH3 is 6. The highest BCUT2D eigenvalue weighted by atomic mass is 32.1. The number of ether oxygens (including phenoxy) is 6. The quantitative estimate of drug-likeness (QED) is 0.493. The Morgan fingerprint density at radius 3 is 1.64 bits per heavy atom. The van der Waals surface area contributed by atoms with Crippen molar-refractivity contribution >= 4 is 17.2 Å². The number of carbonyl (C=O) groups excluding carboxylic acids is 1. The molecule has 0 aliphatic heterocycles. The number of hydrogen-bond donors (Lipinski definition) is 0. The minimum Gasteiger partial charge on any atom is -0.493 e. The molecule has 9 nitrogen and oxygen atoms in total. The average Bonchev–Trinajstić information content (AvgIpc) is 3.21. The van der Waals surface area contributed by atoms with Crippen LogP contribution >= 0.6 is 11.3 Å². The molecule has 0 fully saturated rings. The van der Waals surface area contributed by atoms with Crippen LogP contribution < -0.4 is 33.2 Å².